The molecule has 3 aromatic rings. The van der Waals surface area contributed by atoms with Crippen molar-refractivity contribution in [1.82, 2.24) is 19.9 Å². The second kappa shape index (κ2) is 6.43. The van der Waals surface area contributed by atoms with Crippen LogP contribution in [-0.4, -0.2) is 21.1 Å². The lowest BCUT2D eigenvalue weighted by atomic mass is 10.2. The predicted octanol–water partition coefficient (Wildman–Crippen LogP) is 3.37. The Morgan fingerprint density at radius 1 is 1.05 bits per heavy atom. The van der Waals surface area contributed by atoms with Crippen molar-refractivity contribution in [3.63, 3.8) is 0 Å². The molecule has 4 nitrogen and oxygen atoms in total. The van der Waals surface area contributed by atoms with Gasteiger partial charge in [-0.05, 0) is 29.8 Å². The number of halogens is 2. The van der Waals surface area contributed by atoms with Crippen LogP contribution in [0, 0.1) is 0 Å². The van der Waals surface area contributed by atoms with Gasteiger partial charge in [-0.1, -0.05) is 35.3 Å². The zero-order valence-corrected chi connectivity index (χ0v) is 12.8. The summed E-state index contributed by atoms with van der Waals surface area (Å²) in [6.45, 7) is 1.56. The summed E-state index contributed by atoms with van der Waals surface area (Å²) in [6.07, 6.45) is 2.79. The van der Waals surface area contributed by atoms with E-state index in [-0.39, 0.29) is 0 Å². The first-order chi connectivity index (χ1) is 10.2. The molecule has 0 aliphatic carbocycles. The number of fused-ring (bicyclic) bond motifs is 1. The van der Waals surface area contributed by atoms with E-state index in [9.17, 15) is 0 Å². The van der Waals surface area contributed by atoms with Crippen LogP contribution in [-0.2, 0) is 13.0 Å². The van der Waals surface area contributed by atoms with Crippen molar-refractivity contribution in [1.29, 1.82) is 0 Å². The first-order valence-electron chi connectivity index (χ1n) is 6.67. The lowest BCUT2D eigenvalue weighted by molar-refractivity contribution is 0.667. The lowest BCUT2D eigenvalue weighted by Crippen LogP contribution is -2.17. The average Bonchev–Trinajstić information content (AvgIpc) is 2.91. The van der Waals surface area contributed by atoms with E-state index in [1.54, 1.807) is 0 Å². The maximum atomic E-state index is 5.99. The summed E-state index contributed by atoms with van der Waals surface area (Å²) in [7, 11) is 0. The Bertz CT molecular complexity index is 754. The number of nitrogens with one attached hydrogen (secondary N) is 1. The molecule has 21 heavy (non-hydrogen) atoms. The van der Waals surface area contributed by atoms with Gasteiger partial charge in [0.25, 0.3) is 0 Å². The molecule has 0 saturated carbocycles. The summed E-state index contributed by atoms with van der Waals surface area (Å²) >= 11 is 11.9. The summed E-state index contributed by atoms with van der Waals surface area (Å²) in [5.41, 5.74) is 1.98. The molecular weight excluding hydrogens is 307 g/mol. The SMILES string of the molecule is Clc1ccc(CNCCc2nnc3ccccn23)cc1Cl. The summed E-state index contributed by atoms with van der Waals surface area (Å²) in [4.78, 5) is 0. The van der Waals surface area contributed by atoms with Crippen molar-refractivity contribution in [2.75, 3.05) is 6.54 Å². The molecule has 0 aliphatic rings. The molecule has 0 aliphatic heterocycles. The van der Waals surface area contributed by atoms with Crippen LogP contribution in [0.4, 0.5) is 0 Å². The Kier molecular flexibility index (Phi) is 4.39. The van der Waals surface area contributed by atoms with E-state index in [0.717, 1.165) is 36.5 Å². The van der Waals surface area contributed by atoms with Crippen LogP contribution in [0.25, 0.3) is 5.65 Å². The highest BCUT2D eigenvalue weighted by molar-refractivity contribution is 6.42. The highest BCUT2D eigenvalue weighted by Crippen LogP contribution is 2.22. The van der Waals surface area contributed by atoms with Gasteiger partial charge >= 0.3 is 0 Å². The molecule has 1 aromatic carbocycles. The monoisotopic (exact) mass is 320 g/mol. The summed E-state index contributed by atoms with van der Waals surface area (Å²) in [6, 6.07) is 11.5. The molecular formula is C15H14Cl2N4. The molecule has 0 unspecified atom stereocenters. The van der Waals surface area contributed by atoms with Crippen molar-refractivity contribution < 1.29 is 0 Å². The van der Waals surface area contributed by atoms with Crippen LogP contribution in [0.15, 0.2) is 42.6 Å². The summed E-state index contributed by atoms with van der Waals surface area (Å²) < 4.78 is 2.00. The van der Waals surface area contributed by atoms with Crippen LogP contribution < -0.4 is 5.32 Å². The number of hydrogen-bond acceptors (Lipinski definition) is 3. The van der Waals surface area contributed by atoms with Crippen molar-refractivity contribution in [3.8, 4) is 0 Å². The molecule has 0 bridgehead atoms. The topological polar surface area (TPSA) is 42.2 Å². The third kappa shape index (κ3) is 3.35. The molecule has 0 radical (unpaired) electrons. The van der Waals surface area contributed by atoms with Gasteiger partial charge in [0.15, 0.2) is 5.65 Å². The second-order valence-electron chi connectivity index (χ2n) is 4.72. The Labute approximate surface area is 132 Å². The third-order valence-electron chi connectivity index (χ3n) is 3.22. The summed E-state index contributed by atoms with van der Waals surface area (Å²) in [5, 5.41) is 12.9. The van der Waals surface area contributed by atoms with Crippen LogP contribution in [0.5, 0.6) is 0 Å². The fraction of sp³-hybridized carbons (Fsp3) is 0.200. The molecule has 108 valence electrons. The van der Waals surface area contributed by atoms with Crippen LogP contribution in [0.2, 0.25) is 10.0 Å². The quantitative estimate of drug-likeness (QED) is 0.733. The van der Waals surface area contributed by atoms with E-state index in [4.69, 9.17) is 23.2 Å². The van der Waals surface area contributed by atoms with Gasteiger partial charge in [0.2, 0.25) is 0 Å². The molecule has 0 spiro atoms. The van der Waals surface area contributed by atoms with E-state index in [2.05, 4.69) is 15.5 Å². The first kappa shape index (κ1) is 14.3. The van der Waals surface area contributed by atoms with Gasteiger partial charge in [0.1, 0.15) is 5.82 Å². The van der Waals surface area contributed by atoms with E-state index >= 15 is 0 Å². The fourth-order valence-electron chi connectivity index (χ4n) is 2.14. The number of benzene rings is 1. The molecule has 2 aromatic heterocycles. The van der Waals surface area contributed by atoms with Crippen molar-refractivity contribution in [2.45, 2.75) is 13.0 Å². The Hall–Kier alpha value is -1.62. The van der Waals surface area contributed by atoms with Crippen LogP contribution in [0.1, 0.15) is 11.4 Å². The van der Waals surface area contributed by atoms with Gasteiger partial charge in [-0.25, -0.2) is 0 Å². The molecule has 2 heterocycles. The van der Waals surface area contributed by atoms with Crippen molar-refractivity contribution >= 4 is 28.8 Å². The largest absolute Gasteiger partial charge is 0.312 e. The first-order valence-corrected chi connectivity index (χ1v) is 7.43. The number of aromatic nitrogens is 3. The molecule has 3 rings (SSSR count). The normalized spacial score (nSPS) is 11.1. The fourth-order valence-corrected chi connectivity index (χ4v) is 2.46. The molecule has 0 saturated heterocycles. The third-order valence-corrected chi connectivity index (χ3v) is 3.96. The standard InChI is InChI=1S/C15H14Cl2N4/c16-12-5-4-11(9-13(12)17)10-18-7-6-15-20-19-14-3-1-2-8-21(14)15/h1-5,8-9,18H,6-7,10H2. The number of hydrogen-bond donors (Lipinski definition) is 1. The maximum absolute atomic E-state index is 5.99. The van der Waals surface area contributed by atoms with Crippen molar-refractivity contribution in [2.24, 2.45) is 0 Å². The Morgan fingerprint density at radius 2 is 1.95 bits per heavy atom. The zero-order chi connectivity index (χ0) is 14.7. The minimum absolute atomic E-state index is 0.579. The van der Waals surface area contributed by atoms with E-state index in [1.807, 2.05) is 47.0 Å². The average molecular weight is 321 g/mol. The number of nitrogens with zero attached hydrogens (tertiary/aromatic N) is 3. The Balaban J connectivity index is 1.55. The lowest BCUT2D eigenvalue weighted by Gasteiger charge is -2.05. The molecule has 0 amide bonds. The van der Waals surface area contributed by atoms with Gasteiger partial charge in [0.05, 0.1) is 10.0 Å². The van der Waals surface area contributed by atoms with Gasteiger partial charge in [-0.3, -0.25) is 4.40 Å². The number of rotatable bonds is 5. The second-order valence-corrected chi connectivity index (χ2v) is 5.53. The molecule has 1 N–H and O–H groups in total. The van der Waals surface area contributed by atoms with Gasteiger partial charge in [-0.15, -0.1) is 10.2 Å². The molecule has 0 atom stereocenters. The number of pyridine rings is 1. The van der Waals surface area contributed by atoms with Crippen LogP contribution >= 0.6 is 23.2 Å². The summed E-state index contributed by atoms with van der Waals surface area (Å²) in [5.74, 6) is 0.951. The van der Waals surface area contributed by atoms with E-state index in [0.29, 0.717) is 10.0 Å². The minimum Gasteiger partial charge on any atom is -0.312 e. The molecule has 6 heteroatoms. The van der Waals surface area contributed by atoms with E-state index < -0.39 is 0 Å². The smallest absolute Gasteiger partial charge is 0.160 e. The Morgan fingerprint density at radius 3 is 2.81 bits per heavy atom. The maximum Gasteiger partial charge on any atom is 0.160 e. The van der Waals surface area contributed by atoms with Crippen molar-refractivity contribution in [3.05, 3.63) is 64.0 Å². The van der Waals surface area contributed by atoms with Crippen LogP contribution in [0.3, 0.4) is 0 Å². The minimum atomic E-state index is 0.579. The highest BCUT2D eigenvalue weighted by atomic mass is 35.5. The van der Waals surface area contributed by atoms with E-state index in [1.165, 1.54) is 0 Å². The predicted molar refractivity (Wildman–Crippen MR) is 84.9 cm³/mol. The van der Waals surface area contributed by atoms with Gasteiger partial charge < -0.3 is 5.32 Å². The molecule has 0 fully saturated rings. The highest BCUT2D eigenvalue weighted by Gasteiger charge is 2.04. The van der Waals surface area contributed by atoms with Gasteiger partial charge in [0, 0.05) is 25.7 Å². The van der Waals surface area contributed by atoms with Gasteiger partial charge in [-0.2, -0.15) is 0 Å². The zero-order valence-electron chi connectivity index (χ0n) is 11.3.